The van der Waals surface area contributed by atoms with Gasteiger partial charge in [0.05, 0.1) is 0 Å². The van der Waals surface area contributed by atoms with Crippen molar-refractivity contribution in [1.29, 1.82) is 0 Å². The van der Waals surface area contributed by atoms with Gasteiger partial charge in [0.25, 0.3) is 0 Å². The van der Waals surface area contributed by atoms with Crippen LogP contribution in [-0.2, 0) is 0 Å². The first-order valence-electron chi connectivity index (χ1n) is 2.43. The second-order valence-corrected chi connectivity index (χ2v) is 1.81. The van der Waals surface area contributed by atoms with Crippen molar-refractivity contribution in [2.24, 2.45) is 0 Å². The molecule has 2 heteroatoms. The quantitative estimate of drug-likeness (QED) is 0.419. The van der Waals surface area contributed by atoms with Crippen LogP contribution in [0.5, 0.6) is 0 Å². The number of hydrogen-bond donors (Lipinski definition) is 0. The molecule has 0 amide bonds. The fraction of sp³-hybridized carbons (Fsp3) is 0.800. The zero-order valence-electron chi connectivity index (χ0n) is 5.15. The van der Waals surface area contributed by atoms with Crippen LogP contribution < -0.4 is 68.9 Å². The summed E-state index contributed by atoms with van der Waals surface area (Å²) in [6.07, 6.45) is 2.65. The Labute approximate surface area is 104 Å². The molecule has 0 radical (unpaired) electrons. The summed E-state index contributed by atoms with van der Waals surface area (Å²) in [5, 5.41) is 0. The molecule has 1 saturated heterocycles. The van der Waals surface area contributed by atoms with Crippen molar-refractivity contribution in [2.75, 3.05) is 13.6 Å². The molecule has 1 fully saturated rings. The third-order valence-electron chi connectivity index (χ3n) is 1.16. The van der Waals surface area contributed by atoms with E-state index in [0.717, 1.165) is 0 Å². The maximum absolute atomic E-state index is 2.24. The van der Waals surface area contributed by atoms with Crippen molar-refractivity contribution in [3.8, 4) is 0 Å². The first-order valence-corrected chi connectivity index (χ1v) is 2.43. The van der Waals surface area contributed by atoms with Crippen molar-refractivity contribution in [3.63, 3.8) is 0 Å². The summed E-state index contributed by atoms with van der Waals surface area (Å²) in [5.41, 5.74) is 0. The largest absolute Gasteiger partial charge is 1.00 e. The molecule has 0 atom stereocenters. The van der Waals surface area contributed by atoms with Crippen LogP contribution in [0.2, 0.25) is 0 Å². The summed E-state index contributed by atoms with van der Waals surface area (Å²) >= 11 is 0. The van der Waals surface area contributed by atoms with E-state index in [1.165, 1.54) is 19.4 Å². The van der Waals surface area contributed by atoms with E-state index in [1.54, 1.807) is 0 Å². The van der Waals surface area contributed by atoms with E-state index in [0.29, 0.717) is 0 Å². The second-order valence-electron chi connectivity index (χ2n) is 1.81. The third kappa shape index (κ3) is 3.57. The minimum atomic E-state index is 0. The number of hydrogen-bond acceptors (Lipinski definition) is 1. The molecule has 0 aromatic carbocycles. The molecule has 1 nitrogen and oxygen atoms in total. The summed E-state index contributed by atoms with van der Waals surface area (Å²) in [7, 11) is 2.12. The predicted octanol–water partition coefficient (Wildman–Crippen LogP) is -2.12. The molecule has 0 aromatic heterocycles. The Morgan fingerprint density at radius 2 is 2.29 bits per heavy atom. The van der Waals surface area contributed by atoms with Crippen molar-refractivity contribution >= 4 is 0 Å². The van der Waals surface area contributed by atoms with Crippen LogP contribution in [0, 0.1) is 6.54 Å². The molecular weight excluding hydrogens is 207 g/mol. The van der Waals surface area contributed by atoms with Crippen LogP contribution in [0.25, 0.3) is 0 Å². The van der Waals surface area contributed by atoms with E-state index < -0.39 is 0 Å². The predicted molar refractivity (Wildman–Crippen MR) is 26.2 cm³/mol. The Balaban J connectivity index is 0.000000360. The molecule has 0 aromatic rings. The van der Waals surface area contributed by atoms with E-state index >= 15 is 0 Å². The third-order valence-corrected chi connectivity index (χ3v) is 1.16. The van der Waals surface area contributed by atoms with Crippen molar-refractivity contribution in [1.82, 2.24) is 4.90 Å². The van der Waals surface area contributed by atoms with E-state index in [9.17, 15) is 0 Å². The summed E-state index contributed by atoms with van der Waals surface area (Å²) < 4.78 is 0. The summed E-state index contributed by atoms with van der Waals surface area (Å²) in [6, 6.07) is 0. The van der Waals surface area contributed by atoms with Crippen LogP contribution in [0.3, 0.4) is 0 Å². The Kier molecular flexibility index (Phi) is 6.24. The average molecular weight is 217 g/mol. The van der Waals surface area contributed by atoms with Crippen LogP contribution >= 0.6 is 0 Å². The summed E-state index contributed by atoms with van der Waals surface area (Å²) in [5.74, 6) is 0. The van der Waals surface area contributed by atoms with Crippen molar-refractivity contribution < 1.29 is 68.9 Å². The van der Waals surface area contributed by atoms with Gasteiger partial charge >= 0.3 is 68.9 Å². The topological polar surface area (TPSA) is 3.24 Å². The van der Waals surface area contributed by atoms with Gasteiger partial charge in [0.15, 0.2) is 0 Å². The molecule has 0 aliphatic carbocycles. The van der Waals surface area contributed by atoms with Gasteiger partial charge in [0.1, 0.15) is 0 Å². The first kappa shape index (κ1) is 9.01. The van der Waals surface area contributed by atoms with Gasteiger partial charge in [0, 0.05) is 0 Å². The maximum Gasteiger partial charge on any atom is 1.00 e. The Hall–Kier alpha value is 2.01. The van der Waals surface area contributed by atoms with Crippen LogP contribution in [0.15, 0.2) is 0 Å². The normalized spacial score (nSPS) is 21.9. The maximum atomic E-state index is 2.24. The van der Waals surface area contributed by atoms with E-state index in [-0.39, 0.29) is 68.9 Å². The molecule has 0 saturated carbocycles. The van der Waals surface area contributed by atoms with Gasteiger partial charge in [0.2, 0.25) is 0 Å². The fourth-order valence-corrected chi connectivity index (χ4v) is 0.744. The van der Waals surface area contributed by atoms with E-state index in [1.807, 2.05) is 0 Å². The molecule has 1 rings (SSSR count). The molecule has 0 unspecified atom stereocenters. The van der Waals surface area contributed by atoms with Crippen molar-refractivity contribution in [3.05, 3.63) is 6.54 Å². The monoisotopic (exact) mass is 217 g/mol. The smallest absolute Gasteiger partial charge is 0.459 e. The minimum absolute atomic E-state index is 0. The SMILES string of the molecule is CN1[CH-]CCC1.[Cs+]. The molecule has 1 aliphatic rings. The Morgan fingerprint density at radius 3 is 2.43 bits per heavy atom. The molecule has 1 heterocycles. The Bertz CT molecular complexity index is 41.3. The van der Waals surface area contributed by atoms with Gasteiger partial charge in [-0.3, -0.25) is 6.54 Å². The van der Waals surface area contributed by atoms with Gasteiger partial charge in [-0.2, -0.15) is 6.42 Å². The average Bonchev–Trinajstić information content (AvgIpc) is 1.86. The van der Waals surface area contributed by atoms with E-state index in [4.69, 9.17) is 0 Å². The van der Waals surface area contributed by atoms with Gasteiger partial charge in [-0.25, -0.2) is 0 Å². The van der Waals surface area contributed by atoms with E-state index in [2.05, 4.69) is 18.5 Å². The number of likely N-dealkylation sites (tertiary alicyclic amines) is 1. The van der Waals surface area contributed by atoms with Crippen LogP contribution in [0.1, 0.15) is 12.8 Å². The first-order chi connectivity index (χ1) is 2.89. The molecule has 0 bridgehead atoms. The fourth-order valence-electron chi connectivity index (χ4n) is 0.744. The molecule has 7 heavy (non-hydrogen) atoms. The minimum Gasteiger partial charge on any atom is -0.459 e. The van der Waals surface area contributed by atoms with Gasteiger partial charge < -0.3 is 4.90 Å². The standard InChI is InChI=1S/C5H10N.Cs/c1-6-4-2-3-5-6;/h4H,2-3,5H2,1H3;/q-1;+1. The second kappa shape index (κ2) is 4.85. The number of rotatable bonds is 0. The van der Waals surface area contributed by atoms with Crippen LogP contribution in [0.4, 0.5) is 0 Å². The van der Waals surface area contributed by atoms with Gasteiger partial charge in [-0.15, -0.1) is 0 Å². The zero-order chi connectivity index (χ0) is 4.41. The molecule has 0 spiro atoms. The van der Waals surface area contributed by atoms with Crippen LogP contribution in [-0.4, -0.2) is 18.5 Å². The molecule has 0 N–H and O–H groups in total. The zero-order valence-corrected chi connectivity index (χ0v) is 11.4. The Morgan fingerprint density at radius 1 is 1.57 bits per heavy atom. The number of nitrogens with zero attached hydrogens (tertiary/aromatic N) is 1. The van der Waals surface area contributed by atoms with Gasteiger partial charge in [-0.05, 0) is 13.6 Å². The molecular formula is C5H10CsN. The van der Waals surface area contributed by atoms with Gasteiger partial charge in [-0.1, -0.05) is 6.42 Å². The summed E-state index contributed by atoms with van der Waals surface area (Å²) in [6.45, 7) is 3.50. The molecule has 36 valence electrons. The van der Waals surface area contributed by atoms with Crippen molar-refractivity contribution in [2.45, 2.75) is 12.8 Å². The molecule has 1 aliphatic heterocycles. The summed E-state index contributed by atoms with van der Waals surface area (Å²) in [4.78, 5) is 2.24.